The van der Waals surface area contributed by atoms with Gasteiger partial charge in [-0.05, 0) is 43.2 Å². The highest BCUT2D eigenvalue weighted by atomic mass is 16.6. The summed E-state index contributed by atoms with van der Waals surface area (Å²) in [6.07, 6.45) is 4.38. The normalized spacial score (nSPS) is 15.4. The van der Waals surface area contributed by atoms with Crippen LogP contribution in [-0.2, 0) is 29.2 Å². The van der Waals surface area contributed by atoms with Gasteiger partial charge in [0.25, 0.3) is 0 Å². The predicted molar refractivity (Wildman–Crippen MR) is 121 cm³/mol. The maximum atomic E-state index is 13.3. The molecule has 0 aliphatic carbocycles. The monoisotopic (exact) mass is 451 g/mol. The molecule has 0 saturated carbocycles. The van der Waals surface area contributed by atoms with Crippen molar-refractivity contribution < 1.29 is 19.0 Å². The Kier molecular flexibility index (Phi) is 7.19. The van der Waals surface area contributed by atoms with Gasteiger partial charge in [-0.3, -0.25) is 9.78 Å². The van der Waals surface area contributed by atoms with Crippen LogP contribution in [0.25, 0.3) is 0 Å². The smallest absolute Gasteiger partial charge is 0.244 e. The standard InChI is InChI=1S/C24H29N5O4/c1-17-26-18(2)29(27-17)15-24(30)28(14-20-5-4-9-25-12-20)13-19-6-7-22(23(11-19)31-3)33-21-8-10-32-16-21/h4-7,9,11-12,21H,8,10,13-16H2,1-3H3/t21-/m1/s1. The van der Waals surface area contributed by atoms with Crippen molar-refractivity contribution in [2.45, 2.75) is 46.0 Å². The van der Waals surface area contributed by atoms with Crippen molar-refractivity contribution in [2.24, 2.45) is 0 Å². The topological polar surface area (TPSA) is 91.6 Å². The number of rotatable bonds is 9. The number of carbonyl (C=O) groups is 1. The summed E-state index contributed by atoms with van der Waals surface area (Å²) in [7, 11) is 1.62. The summed E-state index contributed by atoms with van der Waals surface area (Å²) in [6.45, 7) is 5.91. The minimum Gasteiger partial charge on any atom is -0.493 e. The fourth-order valence-electron chi connectivity index (χ4n) is 3.80. The third kappa shape index (κ3) is 5.87. The van der Waals surface area contributed by atoms with Crippen LogP contribution < -0.4 is 9.47 Å². The van der Waals surface area contributed by atoms with Crippen LogP contribution in [0.1, 0.15) is 29.2 Å². The molecular weight excluding hydrogens is 422 g/mol. The molecule has 3 heterocycles. The van der Waals surface area contributed by atoms with E-state index in [1.165, 1.54) is 0 Å². The van der Waals surface area contributed by atoms with Gasteiger partial charge in [-0.1, -0.05) is 12.1 Å². The van der Waals surface area contributed by atoms with Gasteiger partial charge in [0.15, 0.2) is 11.5 Å². The quantitative estimate of drug-likeness (QED) is 0.494. The van der Waals surface area contributed by atoms with E-state index in [9.17, 15) is 4.79 Å². The number of benzene rings is 1. The maximum Gasteiger partial charge on any atom is 0.244 e. The van der Waals surface area contributed by atoms with E-state index in [2.05, 4.69) is 15.1 Å². The lowest BCUT2D eigenvalue weighted by Gasteiger charge is -2.24. The lowest BCUT2D eigenvalue weighted by Crippen LogP contribution is -2.33. The van der Waals surface area contributed by atoms with E-state index in [-0.39, 0.29) is 18.6 Å². The Morgan fingerprint density at radius 3 is 2.73 bits per heavy atom. The molecule has 1 aromatic carbocycles. The molecule has 0 unspecified atom stereocenters. The molecule has 1 aliphatic heterocycles. The van der Waals surface area contributed by atoms with Gasteiger partial charge < -0.3 is 19.1 Å². The van der Waals surface area contributed by atoms with Crippen molar-refractivity contribution in [3.63, 3.8) is 0 Å². The SMILES string of the molecule is COc1cc(CN(Cc2cccnc2)C(=O)Cn2nc(C)nc2C)ccc1O[C@@H]1CCOC1. The van der Waals surface area contributed by atoms with E-state index < -0.39 is 0 Å². The first-order valence-corrected chi connectivity index (χ1v) is 11.0. The van der Waals surface area contributed by atoms with E-state index in [0.29, 0.717) is 49.5 Å². The second kappa shape index (κ2) is 10.4. The molecule has 1 saturated heterocycles. The zero-order chi connectivity index (χ0) is 23.2. The summed E-state index contributed by atoms with van der Waals surface area (Å²) < 4.78 is 18.6. The Bertz CT molecular complexity index is 1080. The van der Waals surface area contributed by atoms with Crippen LogP contribution in [0.15, 0.2) is 42.7 Å². The molecule has 9 heteroatoms. The minimum absolute atomic E-state index is 0.0304. The van der Waals surface area contributed by atoms with Gasteiger partial charge in [-0.15, -0.1) is 0 Å². The first kappa shape index (κ1) is 22.7. The van der Waals surface area contributed by atoms with Gasteiger partial charge >= 0.3 is 0 Å². The summed E-state index contributed by atoms with van der Waals surface area (Å²) >= 11 is 0. The highest BCUT2D eigenvalue weighted by molar-refractivity contribution is 5.76. The van der Waals surface area contributed by atoms with E-state index >= 15 is 0 Å². The van der Waals surface area contributed by atoms with Crippen molar-refractivity contribution in [2.75, 3.05) is 20.3 Å². The number of aromatic nitrogens is 4. The van der Waals surface area contributed by atoms with E-state index in [1.807, 2.05) is 44.2 Å². The molecule has 0 radical (unpaired) electrons. The molecule has 174 valence electrons. The van der Waals surface area contributed by atoms with Crippen LogP contribution in [0.3, 0.4) is 0 Å². The molecule has 1 atom stereocenters. The van der Waals surface area contributed by atoms with Gasteiger partial charge in [-0.2, -0.15) is 5.10 Å². The molecular formula is C24H29N5O4. The third-order valence-electron chi connectivity index (χ3n) is 5.48. The Labute approximate surface area is 193 Å². The van der Waals surface area contributed by atoms with E-state index in [0.717, 1.165) is 17.5 Å². The Morgan fingerprint density at radius 1 is 1.21 bits per heavy atom. The predicted octanol–water partition coefficient (Wildman–Crippen LogP) is 2.70. The Balaban J connectivity index is 1.53. The van der Waals surface area contributed by atoms with Gasteiger partial charge in [0, 0.05) is 31.9 Å². The third-order valence-corrected chi connectivity index (χ3v) is 5.48. The average Bonchev–Trinajstić information content (AvgIpc) is 3.43. The molecule has 0 spiro atoms. The molecule has 1 amide bonds. The lowest BCUT2D eigenvalue weighted by atomic mass is 10.1. The van der Waals surface area contributed by atoms with Gasteiger partial charge in [-0.25, -0.2) is 9.67 Å². The molecule has 0 bridgehead atoms. The molecule has 0 N–H and O–H groups in total. The molecule has 33 heavy (non-hydrogen) atoms. The molecule has 1 aliphatic rings. The van der Waals surface area contributed by atoms with Gasteiger partial charge in [0.2, 0.25) is 5.91 Å². The molecule has 1 fully saturated rings. The van der Waals surface area contributed by atoms with Crippen molar-refractivity contribution in [1.29, 1.82) is 0 Å². The summed E-state index contributed by atoms with van der Waals surface area (Å²) in [5.74, 6) is 2.61. The highest BCUT2D eigenvalue weighted by Crippen LogP contribution is 2.31. The number of nitrogens with zero attached hydrogens (tertiary/aromatic N) is 5. The summed E-state index contributed by atoms with van der Waals surface area (Å²) in [6, 6.07) is 9.59. The number of hydrogen-bond acceptors (Lipinski definition) is 7. The average molecular weight is 452 g/mol. The summed E-state index contributed by atoms with van der Waals surface area (Å²) in [5.41, 5.74) is 1.89. The number of pyridine rings is 1. The van der Waals surface area contributed by atoms with E-state index in [1.54, 1.807) is 29.1 Å². The van der Waals surface area contributed by atoms with Crippen molar-refractivity contribution in [3.05, 3.63) is 65.5 Å². The van der Waals surface area contributed by atoms with Crippen LogP contribution in [0.2, 0.25) is 0 Å². The number of amides is 1. The first-order chi connectivity index (χ1) is 16.0. The minimum atomic E-state index is -0.0609. The second-order valence-corrected chi connectivity index (χ2v) is 8.06. The van der Waals surface area contributed by atoms with Crippen molar-refractivity contribution >= 4 is 5.91 Å². The summed E-state index contributed by atoms with van der Waals surface area (Å²) in [5, 5.41) is 4.33. The van der Waals surface area contributed by atoms with Crippen LogP contribution in [-0.4, -0.2) is 57.0 Å². The van der Waals surface area contributed by atoms with Crippen LogP contribution >= 0.6 is 0 Å². The maximum absolute atomic E-state index is 13.3. The van der Waals surface area contributed by atoms with Crippen LogP contribution in [0, 0.1) is 13.8 Å². The fraction of sp³-hybridized carbons (Fsp3) is 0.417. The molecule has 4 rings (SSSR count). The van der Waals surface area contributed by atoms with E-state index in [4.69, 9.17) is 14.2 Å². The fourth-order valence-corrected chi connectivity index (χ4v) is 3.80. The first-order valence-electron chi connectivity index (χ1n) is 11.0. The van der Waals surface area contributed by atoms with Crippen molar-refractivity contribution in [1.82, 2.24) is 24.6 Å². The van der Waals surface area contributed by atoms with Crippen LogP contribution in [0.4, 0.5) is 0 Å². The van der Waals surface area contributed by atoms with Crippen LogP contribution in [0.5, 0.6) is 11.5 Å². The zero-order valence-electron chi connectivity index (χ0n) is 19.2. The number of ether oxygens (including phenoxy) is 3. The highest BCUT2D eigenvalue weighted by Gasteiger charge is 2.21. The zero-order valence-corrected chi connectivity index (χ0v) is 19.2. The Morgan fingerprint density at radius 2 is 2.06 bits per heavy atom. The van der Waals surface area contributed by atoms with Gasteiger partial charge in [0.05, 0.1) is 20.3 Å². The number of carbonyl (C=O) groups excluding carboxylic acids is 1. The number of hydrogen-bond donors (Lipinski definition) is 0. The largest absolute Gasteiger partial charge is 0.493 e. The van der Waals surface area contributed by atoms with Gasteiger partial charge in [0.1, 0.15) is 24.3 Å². The molecule has 9 nitrogen and oxygen atoms in total. The number of aryl methyl sites for hydroxylation is 2. The molecule has 2 aromatic heterocycles. The lowest BCUT2D eigenvalue weighted by molar-refractivity contribution is -0.133. The second-order valence-electron chi connectivity index (χ2n) is 8.06. The summed E-state index contributed by atoms with van der Waals surface area (Å²) in [4.78, 5) is 23.5. The molecule has 3 aromatic rings. The Hall–Kier alpha value is -3.46. The van der Waals surface area contributed by atoms with Crippen molar-refractivity contribution in [3.8, 4) is 11.5 Å². The number of methoxy groups -OCH3 is 1.